The van der Waals surface area contributed by atoms with Crippen LogP contribution in [0.1, 0.15) is 39.2 Å². The monoisotopic (exact) mass is 427 g/mol. The van der Waals surface area contributed by atoms with Crippen LogP contribution in [0.15, 0.2) is 42.4 Å². The van der Waals surface area contributed by atoms with Crippen LogP contribution in [-0.2, 0) is 36.6 Å². The third-order valence-corrected chi connectivity index (χ3v) is 6.08. The van der Waals surface area contributed by atoms with Gasteiger partial charge in [0.05, 0.1) is 5.56 Å². The molecule has 0 saturated carbocycles. The molecule has 1 aliphatic carbocycles. The normalized spacial score (nSPS) is 15.1. The predicted molar refractivity (Wildman–Crippen MR) is 110 cm³/mol. The summed E-state index contributed by atoms with van der Waals surface area (Å²) in [4.78, 5) is 38.7. The molecule has 1 amide bonds. The maximum Gasteiger partial charge on any atom is 0.377 e. The number of nitrogens with one attached hydrogen (secondary N) is 1. The Bertz CT molecular complexity index is 995. The summed E-state index contributed by atoms with van der Waals surface area (Å²) in [6.45, 7) is 0.123. The third kappa shape index (κ3) is 4.38. The topological polar surface area (TPSA) is 90.9 Å². The molecule has 0 fully saturated rings. The Balaban J connectivity index is 1.50. The van der Waals surface area contributed by atoms with Crippen LogP contribution in [0.3, 0.4) is 0 Å². The summed E-state index contributed by atoms with van der Waals surface area (Å²) in [6, 6.07) is 9.02. The van der Waals surface area contributed by atoms with E-state index in [1.807, 2.05) is 18.2 Å². The Morgan fingerprint density at radius 1 is 1.07 bits per heavy atom. The number of hydrogen-bond acceptors (Lipinski definition) is 7. The highest BCUT2D eigenvalue weighted by molar-refractivity contribution is 7.17. The fourth-order valence-electron chi connectivity index (χ4n) is 3.47. The number of fused-ring (bicyclic) bond motifs is 1. The highest BCUT2D eigenvalue weighted by atomic mass is 32.1. The van der Waals surface area contributed by atoms with Gasteiger partial charge in [0.25, 0.3) is 5.91 Å². The highest BCUT2D eigenvalue weighted by Gasteiger charge is 2.27. The van der Waals surface area contributed by atoms with Gasteiger partial charge in [-0.1, -0.05) is 30.3 Å². The molecule has 0 bridgehead atoms. The van der Waals surface area contributed by atoms with Crippen molar-refractivity contribution in [3.8, 4) is 0 Å². The number of anilines is 1. The average molecular weight is 427 g/mol. The van der Waals surface area contributed by atoms with Gasteiger partial charge in [-0.05, 0) is 31.2 Å². The molecule has 156 valence electrons. The van der Waals surface area contributed by atoms with Crippen LogP contribution in [0.5, 0.6) is 0 Å². The molecule has 8 heteroatoms. The maximum atomic E-state index is 13.2. The molecule has 2 aromatic rings. The fourth-order valence-corrected chi connectivity index (χ4v) is 4.77. The summed E-state index contributed by atoms with van der Waals surface area (Å²) in [5, 5.41) is 3.27. The van der Waals surface area contributed by atoms with E-state index < -0.39 is 18.5 Å². The number of carbonyl (C=O) groups excluding carboxylic acids is 3. The summed E-state index contributed by atoms with van der Waals surface area (Å²) in [5.74, 6) is -1.46. The van der Waals surface area contributed by atoms with E-state index in [-0.39, 0.29) is 18.1 Å². The Kier molecular flexibility index (Phi) is 6.13. The van der Waals surface area contributed by atoms with Crippen LogP contribution >= 0.6 is 11.3 Å². The quantitative estimate of drug-likeness (QED) is 0.562. The molecule has 1 N–H and O–H groups in total. The molecule has 0 saturated heterocycles. The zero-order chi connectivity index (χ0) is 20.9. The van der Waals surface area contributed by atoms with E-state index in [1.54, 1.807) is 12.1 Å². The number of ketones is 1. The number of ether oxygens (including phenoxy) is 3. The first kappa shape index (κ1) is 20.2. The van der Waals surface area contributed by atoms with E-state index in [0.717, 1.165) is 36.1 Å². The number of aryl methyl sites for hydroxylation is 1. The molecular weight excluding hydrogens is 406 g/mol. The molecule has 0 radical (unpaired) electrons. The molecule has 7 nitrogen and oxygen atoms in total. The largest absolute Gasteiger partial charge is 0.493 e. The summed E-state index contributed by atoms with van der Waals surface area (Å²) in [5.41, 5.74) is 2.14. The van der Waals surface area contributed by atoms with Crippen LogP contribution < -0.4 is 5.32 Å². The second-order valence-corrected chi connectivity index (χ2v) is 8.04. The zero-order valence-corrected chi connectivity index (χ0v) is 17.1. The van der Waals surface area contributed by atoms with E-state index in [4.69, 9.17) is 14.2 Å². The lowest BCUT2D eigenvalue weighted by Gasteiger charge is -2.14. The lowest BCUT2D eigenvalue weighted by Crippen LogP contribution is -2.24. The SMILES string of the molecule is O=C(COC(=O)C1=COCCO1)Nc1sc2c(c1C(=O)c1ccccc1)CCCC2. The van der Waals surface area contributed by atoms with Crippen molar-refractivity contribution < 1.29 is 28.6 Å². The van der Waals surface area contributed by atoms with Gasteiger partial charge in [-0.15, -0.1) is 11.3 Å². The molecule has 1 aromatic carbocycles. The van der Waals surface area contributed by atoms with Gasteiger partial charge in [0.15, 0.2) is 12.4 Å². The van der Waals surface area contributed by atoms with Crippen LogP contribution in [-0.4, -0.2) is 37.5 Å². The van der Waals surface area contributed by atoms with Crippen molar-refractivity contribution in [2.24, 2.45) is 0 Å². The molecular formula is C22H21NO6S. The van der Waals surface area contributed by atoms with Crippen molar-refractivity contribution in [2.45, 2.75) is 25.7 Å². The number of hydrogen-bond donors (Lipinski definition) is 1. The van der Waals surface area contributed by atoms with E-state index in [2.05, 4.69) is 5.32 Å². The second-order valence-electron chi connectivity index (χ2n) is 6.94. The van der Waals surface area contributed by atoms with E-state index in [1.165, 1.54) is 17.6 Å². The molecule has 0 unspecified atom stereocenters. The van der Waals surface area contributed by atoms with Crippen LogP contribution in [0.25, 0.3) is 0 Å². The molecule has 0 spiro atoms. The van der Waals surface area contributed by atoms with E-state index in [0.29, 0.717) is 22.7 Å². The van der Waals surface area contributed by atoms with Gasteiger partial charge >= 0.3 is 5.97 Å². The average Bonchev–Trinajstić information content (AvgIpc) is 3.15. The summed E-state index contributed by atoms with van der Waals surface area (Å²) in [7, 11) is 0. The number of benzene rings is 1. The minimum absolute atomic E-state index is 0.0689. The van der Waals surface area contributed by atoms with Crippen molar-refractivity contribution in [2.75, 3.05) is 25.1 Å². The number of amides is 1. The van der Waals surface area contributed by atoms with Crippen molar-refractivity contribution in [3.63, 3.8) is 0 Å². The van der Waals surface area contributed by atoms with Gasteiger partial charge in [-0.25, -0.2) is 4.79 Å². The standard InChI is InChI=1S/C22H21NO6S/c24-18(13-29-22(26)16-12-27-10-11-28-16)23-21-19(15-8-4-5-9-17(15)30-21)20(25)14-6-2-1-3-7-14/h1-3,6-7,12H,4-5,8-11,13H2,(H,23,24). The summed E-state index contributed by atoms with van der Waals surface area (Å²) < 4.78 is 15.1. The maximum absolute atomic E-state index is 13.2. The number of rotatable bonds is 6. The smallest absolute Gasteiger partial charge is 0.377 e. The van der Waals surface area contributed by atoms with Gasteiger partial charge in [-0.3, -0.25) is 9.59 Å². The first-order valence-electron chi connectivity index (χ1n) is 9.79. The fraction of sp³-hybridized carbons (Fsp3) is 0.318. The first-order chi connectivity index (χ1) is 14.6. The van der Waals surface area contributed by atoms with E-state index in [9.17, 15) is 14.4 Å². The molecule has 2 aliphatic rings. The van der Waals surface area contributed by atoms with Gasteiger partial charge < -0.3 is 19.5 Å². The van der Waals surface area contributed by atoms with Crippen molar-refractivity contribution in [1.82, 2.24) is 0 Å². The molecule has 1 aromatic heterocycles. The van der Waals surface area contributed by atoms with Crippen LogP contribution in [0, 0.1) is 0 Å². The number of esters is 1. The Hall–Kier alpha value is -3.13. The van der Waals surface area contributed by atoms with Crippen molar-refractivity contribution >= 4 is 34.0 Å². The molecule has 2 heterocycles. The minimum Gasteiger partial charge on any atom is -0.493 e. The molecule has 4 rings (SSSR count). The summed E-state index contributed by atoms with van der Waals surface area (Å²) in [6.07, 6.45) is 4.96. The van der Waals surface area contributed by atoms with E-state index >= 15 is 0 Å². The van der Waals surface area contributed by atoms with Gasteiger partial charge in [0, 0.05) is 10.4 Å². The molecule has 30 heavy (non-hydrogen) atoms. The van der Waals surface area contributed by atoms with Crippen molar-refractivity contribution in [3.05, 3.63) is 63.9 Å². The van der Waals surface area contributed by atoms with Gasteiger partial charge in [-0.2, -0.15) is 0 Å². The summed E-state index contributed by atoms with van der Waals surface area (Å²) >= 11 is 1.43. The van der Waals surface area contributed by atoms with Crippen molar-refractivity contribution in [1.29, 1.82) is 0 Å². The third-order valence-electron chi connectivity index (χ3n) is 4.87. The first-order valence-corrected chi connectivity index (χ1v) is 10.6. The van der Waals surface area contributed by atoms with Gasteiger partial charge in [0.1, 0.15) is 24.5 Å². The number of carbonyl (C=O) groups is 3. The number of thiophene rings is 1. The Labute approximate surface area is 177 Å². The predicted octanol–water partition coefficient (Wildman–Crippen LogP) is 3.23. The molecule has 1 aliphatic heterocycles. The van der Waals surface area contributed by atoms with Crippen LogP contribution in [0.4, 0.5) is 5.00 Å². The second kappa shape index (κ2) is 9.13. The Morgan fingerprint density at radius 2 is 1.87 bits per heavy atom. The lowest BCUT2D eigenvalue weighted by molar-refractivity contribution is -0.148. The van der Waals surface area contributed by atoms with Gasteiger partial charge in [0.2, 0.25) is 5.76 Å². The lowest BCUT2D eigenvalue weighted by atomic mass is 9.92. The Morgan fingerprint density at radius 3 is 2.63 bits per heavy atom. The van der Waals surface area contributed by atoms with Crippen LogP contribution in [0.2, 0.25) is 0 Å². The highest BCUT2D eigenvalue weighted by Crippen LogP contribution is 2.39. The zero-order valence-electron chi connectivity index (χ0n) is 16.3. The minimum atomic E-state index is -0.768. The molecule has 0 atom stereocenters.